The van der Waals surface area contributed by atoms with Crippen molar-refractivity contribution in [3.63, 3.8) is 0 Å². The summed E-state index contributed by atoms with van der Waals surface area (Å²) in [5.41, 5.74) is 0.0614. The monoisotopic (exact) mass is 497 g/mol. The average Bonchev–Trinajstić information content (AvgIpc) is 3.14. The van der Waals surface area contributed by atoms with Crippen LogP contribution in [0, 0.1) is 10.1 Å². The third-order valence-electron chi connectivity index (χ3n) is 6.40. The van der Waals surface area contributed by atoms with Gasteiger partial charge < -0.3 is 24.6 Å². The number of likely N-dealkylation sites (tertiary alicyclic amines) is 1. The topological polar surface area (TPSA) is 143 Å². The number of carbonyl (C=O) groups excluding carboxylic acids is 2. The highest BCUT2D eigenvalue weighted by Crippen LogP contribution is 2.41. The van der Waals surface area contributed by atoms with Gasteiger partial charge >= 0.3 is 0 Å². The van der Waals surface area contributed by atoms with E-state index < -0.39 is 28.4 Å². The number of Topliss-reactive ketones (excluding diaryl/α,β-unsaturated/α-hetero) is 1. The maximum Gasteiger partial charge on any atom is 0.295 e. The molecule has 2 aromatic rings. The van der Waals surface area contributed by atoms with Gasteiger partial charge in [-0.25, -0.2) is 0 Å². The number of benzene rings is 2. The number of rotatable bonds is 8. The van der Waals surface area contributed by atoms with Gasteiger partial charge in [-0.15, -0.1) is 0 Å². The number of phenolic OH excluding ortho intramolecular Hbond substituents is 1. The molecular formula is C25H27N3O8. The first kappa shape index (κ1) is 25.1. The smallest absolute Gasteiger partial charge is 0.295 e. The maximum atomic E-state index is 13.1. The molecule has 2 N–H and O–H groups in total. The Labute approximate surface area is 207 Å². The zero-order valence-electron chi connectivity index (χ0n) is 19.8. The summed E-state index contributed by atoms with van der Waals surface area (Å²) < 4.78 is 10.4. The van der Waals surface area contributed by atoms with Crippen LogP contribution in [0.15, 0.2) is 48.0 Å². The number of nitrogens with zero attached hydrogens (tertiary/aromatic N) is 3. The predicted octanol–water partition coefficient (Wildman–Crippen LogP) is 2.45. The van der Waals surface area contributed by atoms with Crippen molar-refractivity contribution in [3.8, 4) is 11.5 Å². The molecule has 0 spiro atoms. The maximum absolute atomic E-state index is 13.1. The Morgan fingerprint density at radius 1 is 1.14 bits per heavy atom. The molecule has 2 fully saturated rings. The fraction of sp³-hybridized carbons (Fsp3) is 0.360. The van der Waals surface area contributed by atoms with Crippen LogP contribution in [-0.2, 0) is 14.3 Å². The summed E-state index contributed by atoms with van der Waals surface area (Å²) in [5, 5.41) is 32.7. The minimum Gasteiger partial charge on any atom is -0.507 e. The van der Waals surface area contributed by atoms with Crippen molar-refractivity contribution < 1.29 is 34.2 Å². The summed E-state index contributed by atoms with van der Waals surface area (Å²) in [7, 11) is 1.42. The Kier molecular flexibility index (Phi) is 7.51. The SMILES string of the molecule is COc1ccc(C(O)=C2C(=O)C(=O)N(CCCN3CCOCC3)C2c2ccc([N+](=O)[O-])cc2)c(O)c1. The standard InChI is InChI=1S/C25H27N3O8/c1-35-18-7-8-19(20(29)15-18)23(30)21-22(16-3-5-17(6-4-16)28(33)34)27(25(32)24(21)31)10-2-9-26-11-13-36-14-12-26/h3-8,15,22,29-30H,2,9-14H2,1H3. The van der Waals surface area contributed by atoms with Crippen LogP contribution in [0.2, 0.25) is 0 Å². The lowest BCUT2D eigenvalue weighted by atomic mass is 9.94. The van der Waals surface area contributed by atoms with Gasteiger partial charge in [0.05, 0.1) is 42.4 Å². The van der Waals surface area contributed by atoms with Gasteiger partial charge in [0.2, 0.25) is 0 Å². The van der Waals surface area contributed by atoms with Crippen LogP contribution in [0.3, 0.4) is 0 Å². The van der Waals surface area contributed by atoms with Gasteiger partial charge in [0.15, 0.2) is 0 Å². The highest BCUT2D eigenvalue weighted by Gasteiger charge is 2.46. The van der Waals surface area contributed by atoms with Crippen LogP contribution >= 0.6 is 0 Å². The van der Waals surface area contributed by atoms with E-state index >= 15 is 0 Å². The molecule has 1 atom stereocenters. The van der Waals surface area contributed by atoms with Crippen LogP contribution in [0.5, 0.6) is 11.5 Å². The largest absolute Gasteiger partial charge is 0.507 e. The van der Waals surface area contributed by atoms with Gasteiger partial charge in [0, 0.05) is 44.4 Å². The Morgan fingerprint density at radius 3 is 2.44 bits per heavy atom. The van der Waals surface area contributed by atoms with Crippen molar-refractivity contribution in [1.82, 2.24) is 9.80 Å². The summed E-state index contributed by atoms with van der Waals surface area (Å²) >= 11 is 0. The second-order valence-electron chi connectivity index (χ2n) is 8.53. The first-order valence-electron chi connectivity index (χ1n) is 11.5. The van der Waals surface area contributed by atoms with E-state index in [9.17, 15) is 29.9 Å². The van der Waals surface area contributed by atoms with E-state index in [0.717, 1.165) is 13.1 Å². The third-order valence-corrected chi connectivity index (χ3v) is 6.40. The first-order valence-corrected chi connectivity index (χ1v) is 11.5. The number of hydrogen-bond donors (Lipinski definition) is 2. The summed E-state index contributed by atoms with van der Waals surface area (Å²) in [6.07, 6.45) is 0.574. The highest BCUT2D eigenvalue weighted by atomic mass is 16.6. The Balaban J connectivity index is 1.71. The summed E-state index contributed by atoms with van der Waals surface area (Å²) in [5.74, 6) is -2.19. The van der Waals surface area contributed by atoms with Crippen LogP contribution in [0.1, 0.15) is 23.6 Å². The lowest BCUT2D eigenvalue weighted by molar-refractivity contribution is -0.384. The highest BCUT2D eigenvalue weighted by molar-refractivity contribution is 6.46. The molecule has 0 aliphatic carbocycles. The van der Waals surface area contributed by atoms with E-state index in [0.29, 0.717) is 37.5 Å². The molecule has 11 nitrogen and oxygen atoms in total. The number of morpholine rings is 1. The molecule has 1 amide bonds. The number of ether oxygens (including phenoxy) is 2. The van der Waals surface area contributed by atoms with Crippen LogP contribution < -0.4 is 4.74 Å². The number of amides is 1. The quantitative estimate of drug-likeness (QED) is 0.185. The average molecular weight is 498 g/mol. The third kappa shape index (κ3) is 5.02. The lowest BCUT2D eigenvalue weighted by Crippen LogP contribution is -2.38. The summed E-state index contributed by atoms with van der Waals surface area (Å²) in [6.45, 7) is 3.76. The van der Waals surface area contributed by atoms with Gasteiger partial charge in [-0.05, 0) is 36.2 Å². The van der Waals surface area contributed by atoms with Crippen LogP contribution in [-0.4, -0.2) is 83.1 Å². The Morgan fingerprint density at radius 2 is 1.83 bits per heavy atom. The molecular weight excluding hydrogens is 470 g/mol. The van der Waals surface area contributed by atoms with Crippen molar-refractivity contribution in [1.29, 1.82) is 0 Å². The Bertz CT molecular complexity index is 1190. The molecule has 36 heavy (non-hydrogen) atoms. The van der Waals surface area contributed by atoms with Crippen molar-refractivity contribution in [3.05, 3.63) is 69.3 Å². The Hall–Kier alpha value is -3.96. The van der Waals surface area contributed by atoms with E-state index in [4.69, 9.17) is 9.47 Å². The number of aliphatic hydroxyl groups excluding tert-OH is 1. The first-order chi connectivity index (χ1) is 17.3. The van der Waals surface area contributed by atoms with Gasteiger partial charge in [-0.2, -0.15) is 0 Å². The van der Waals surface area contributed by atoms with Gasteiger partial charge in [-0.1, -0.05) is 0 Å². The van der Waals surface area contributed by atoms with Gasteiger partial charge in [-0.3, -0.25) is 24.6 Å². The lowest BCUT2D eigenvalue weighted by Gasteiger charge is -2.29. The molecule has 1 unspecified atom stereocenters. The number of non-ortho nitro benzene ring substituents is 1. The molecule has 0 aromatic heterocycles. The van der Waals surface area contributed by atoms with Crippen molar-refractivity contribution >= 4 is 23.1 Å². The molecule has 2 saturated heterocycles. The molecule has 0 bridgehead atoms. The normalized spacial score (nSPS) is 20.0. The number of phenols is 1. The zero-order valence-corrected chi connectivity index (χ0v) is 19.8. The minimum atomic E-state index is -0.975. The van der Waals surface area contributed by atoms with E-state index in [2.05, 4.69) is 4.90 Å². The number of carbonyl (C=O) groups is 2. The number of nitro groups is 1. The van der Waals surface area contributed by atoms with Crippen LogP contribution in [0.4, 0.5) is 5.69 Å². The van der Waals surface area contributed by atoms with Crippen LogP contribution in [0.25, 0.3) is 5.76 Å². The van der Waals surface area contributed by atoms with Gasteiger partial charge in [0.1, 0.15) is 17.3 Å². The molecule has 2 aromatic carbocycles. The molecule has 2 aliphatic heterocycles. The fourth-order valence-electron chi connectivity index (χ4n) is 4.51. The second-order valence-corrected chi connectivity index (χ2v) is 8.53. The van der Waals surface area contributed by atoms with Crippen molar-refractivity contribution in [2.75, 3.05) is 46.5 Å². The minimum absolute atomic E-state index is 0.0333. The summed E-state index contributed by atoms with van der Waals surface area (Å²) in [4.78, 5) is 40.4. The van der Waals surface area contributed by atoms with Gasteiger partial charge in [0.25, 0.3) is 17.4 Å². The predicted molar refractivity (Wildman–Crippen MR) is 129 cm³/mol. The molecule has 2 heterocycles. The number of hydrogen-bond acceptors (Lipinski definition) is 9. The fourth-order valence-corrected chi connectivity index (χ4v) is 4.51. The zero-order chi connectivity index (χ0) is 25.8. The number of aromatic hydroxyl groups is 1. The van der Waals surface area contributed by atoms with E-state index in [-0.39, 0.29) is 29.1 Å². The van der Waals surface area contributed by atoms with Crippen molar-refractivity contribution in [2.45, 2.75) is 12.5 Å². The summed E-state index contributed by atoms with van der Waals surface area (Å²) in [6, 6.07) is 8.71. The molecule has 2 aliphatic rings. The van der Waals surface area contributed by atoms with E-state index in [1.54, 1.807) is 0 Å². The molecule has 11 heteroatoms. The van der Waals surface area contributed by atoms with Crippen molar-refractivity contribution in [2.24, 2.45) is 0 Å². The molecule has 4 rings (SSSR count). The second kappa shape index (κ2) is 10.8. The number of nitro benzene ring substituents is 1. The number of ketones is 1. The number of methoxy groups -OCH3 is 1. The van der Waals surface area contributed by atoms with E-state index in [1.165, 1.54) is 54.5 Å². The van der Waals surface area contributed by atoms with E-state index in [1.807, 2.05) is 0 Å². The number of aliphatic hydroxyl groups is 1. The molecule has 0 saturated carbocycles. The molecule has 190 valence electrons. The molecule has 0 radical (unpaired) electrons.